The van der Waals surface area contributed by atoms with Gasteiger partial charge in [-0.3, -0.25) is 0 Å². The van der Waals surface area contributed by atoms with E-state index in [1.165, 1.54) is 108 Å². The van der Waals surface area contributed by atoms with Crippen LogP contribution in [0.2, 0.25) is 0 Å². The molecule has 1 saturated carbocycles. The number of pyridine rings is 1. The van der Waals surface area contributed by atoms with Crippen molar-refractivity contribution in [1.29, 1.82) is 0 Å². The second-order valence-electron chi connectivity index (χ2n) is 16.1. The molecule has 0 bridgehead atoms. The van der Waals surface area contributed by atoms with Crippen molar-refractivity contribution in [3.05, 3.63) is 77.0 Å². The maximum atomic E-state index is 2.51. The monoisotopic (exact) mass is 586 g/mol. The van der Waals surface area contributed by atoms with Gasteiger partial charge in [-0.25, -0.2) is 4.57 Å². The number of nitrogens with zero attached hydrogens (tertiary/aromatic N) is 1. The zero-order valence-electron chi connectivity index (χ0n) is 27.6. The molecule has 1 aromatic heterocycles. The van der Waals surface area contributed by atoms with Crippen LogP contribution in [0.3, 0.4) is 0 Å². The van der Waals surface area contributed by atoms with E-state index in [1.54, 1.807) is 0 Å². The Labute approximate surface area is 263 Å². The van der Waals surface area contributed by atoms with Crippen molar-refractivity contribution in [3.8, 4) is 11.3 Å². The Morgan fingerprint density at radius 2 is 1.44 bits per heavy atom. The van der Waals surface area contributed by atoms with Gasteiger partial charge in [-0.1, -0.05) is 115 Å². The van der Waals surface area contributed by atoms with Crippen molar-refractivity contribution in [2.75, 3.05) is 0 Å². The molecule has 5 aromatic rings. The van der Waals surface area contributed by atoms with E-state index in [1.807, 2.05) is 11.8 Å². The number of benzene rings is 4. The van der Waals surface area contributed by atoms with E-state index in [9.17, 15) is 0 Å². The predicted molar refractivity (Wildman–Crippen MR) is 186 cm³/mol. The molecule has 0 amide bonds. The summed E-state index contributed by atoms with van der Waals surface area (Å²) in [6, 6.07) is 19.5. The summed E-state index contributed by atoms with van der Waals surface area (Å²) < 4.78 is 2.39. The van der Waals surface area contributed by atoms with Crippen LogP contribution in [0.25, 0.3) is 43.6 Å². The fourth-order valence-corrected chi connectivity index (χ4v) is 9.49. The molecule has 0 N–H and O–H groups in total. The number of fused-ring (bicyclic) bond motifs is 5. The minimum absolute atomic E-state index is 0.184. The topological polar surface area (TPSA) is 3.88 Å². The van der Waals surface area contributed by atoms with E-state index in [-0.39, 0.29) is 10.8 Å². The second-order valence-corrected chi connectivity index (χ2v) is 17.1. The van der Waals surface area contributed by atoms with Gasteiger partial charge in [0.1, 0.15) is 7.05 Å². The summed E-state index contributed by atoms with van der Waals surface area (Å²) >= 11 is 2.05. The molecule has 4 aromatic carbocycles. The summed E-state index contributed by atoms with van der Waals surface area (Å²) in [7, 11) is 2.25. The Hall–Kier alpha value is -2.84. The highest BCUT2D eigenvalue weighted by Gasteiger charge is 2.34. The first kappa shape index (κ1) is 28.9. The van der Waals surface area contributed by atoms with Crippen molar-refractivity contribution in [2.45, 2.75) is 103 Å². The number of hydrogen-bond acceptors (Lipinski definition) is 1. The molecule has 2 aliphatic rings. The molecule has 0 spiro atoms. The molecule has 1 fully saturated rings. The van der Waals surface area contributed by atoms with Gasteiger partial charge in [0.25, 0.3) is 0 Å². The lowest BCUT2D eigenvalue weighted by atomic mass is 9.81. The van der Waals surface area contributed by atoms with Gasteiger partial charge in [0, 0.05) is 15.9 Å². The quantitative estimate of drug-likeness (QED) is 0.147. The summed E-state index contributed by atoms with van der Waals surface area (Å²) in [6.45, 7) is 16.6. The van der Waals surface area contributed by atoms with Crippen LogP contribution in [-0.2, 0) is 26.3 Å². The smallest absolute Gasteiger partial charge is 0.200 e. The first-order chi connectivity index (χ1) is 20.4. The molecule has 0 atom stereocenters. The summed E-state index contributed by atoms with van der Waals surface area (Å²) in [5, 5.41) is 8.46. The van der Waals surface area contributed by atoms with Crippen molar-refractivity contribution >= 4 is 44.1 Å². The molecule has 1 aliphatic carbocycles. The number of hydrogen-bond donors (Lipinski definition) is 0. The molecule has 2 heteroatoms. The lowest BCUT2D eigenvalue weighted by Crippen LogP contribution is -2.32. The van der Waals surface area contributed by atoms with Crippen molar-refractivity contribution in [2.24, 2.45) is 23.8 Å². The van der Waals surface area contributed by atoms with E-state index in [0.717, 1.165) is 18.8 Å². The van der Waals surface area contributed by atoms with Crippen LogP contribution in [-0.4, -0.2) is 0 Å². The third-order valence-corrected chi connectivity index (χ3v) is 11.1. The molecule has 222 valence electrons. The van der Waals surface area contributed by atoms with Crippen molar-refractivity contribution < 1.29 is 4.57 Å². The molecule has 7 rings (SSSR count). The van der Waals surface area contributed by atoms with E-state index < -0.39 is 0 Å². The molecule has 1 aliphatic heterocycles. The van der Waals surface area contributed by atoms with Crippen LogP contribution < -0.4 is 4.57 Å². The SMILES string of the molecule is Cc1c2c(c(CC(C)(C)C)c3ccc(CC(C)(C)C)cc13)Sc1c3ccc(CC4CCCC4)cc3cc3cc[n+](C)c-2c13. The zero-order chi connectivity index (χ0) is 30.3. The summed E-state index contributed by atoms with van der Waals surface area (Å²) in [6.07, 6.45) is 11.3. The first-order valence-corrected chi connectivity index (χ1v) is 17.3. The van der Waals surface area contributed by atoms with Gasteiger partial charge in [-0.2, -0.15) is 0 Å². The molecule has 43 heavy (non-hydrogen) atoms. The van der Waals surface area contributed by atoms with Crippen LogP contribution in [0.4, 0.5) is 0 Å². The molecule has 2 heterocycles. The molecule has 1 nitrogen and oxygen atoms in total. The van der Waals surface area contributed by atoms with E-state index in [4.69, 9.17) is 0 Å². The number of aryl methyl sites for hydroxylation is 2. The fraction of sp³-hybridized carbons (Fsp3) is 0.439. The van der Waals surface area contributed by atoms with Gasteiger partial charge < -0.3 is 0 Å². The lowest BCUT2D eigenvalue weighted by molar-refractivity contribution is -0.659. The minimum atomic E-state index is 0.184. The Balaban J connectivity index is 1.50. The van der Waals surface area contributed by atoms with Gasteiger partial charge in [0.05, 0.1) is 10.9 Å². The predicted octanol–water partition coefficient (Wildman–Crippen LogP) is 11.3. The van der Waals surface area contributed by atoms with E-state index >= 15 is 0 Å². The van der Waals surface area contributed by atoms with Crippen LogP contribution in [0.1, 0.15) is 89.5 Å². The molecule has 0 unspecified atom stereocenters. The van der Waals surface area contributed by atoms with E-state index in [0.29, 0.717) is 0 Å². The van der Waals surface area contributed by atoms with Crippen molar-refractivity contribution in [3.63, 3.8) is 0 Å². The van der Waals surface area contributed by atoms with Gasteiger partial charge in [0.15, 0.2) is 6.20 Å². The highest BCUT2D eigenvalue weighted by molar-refractivity contribution is 8.00. The molecule has 0 radical (unpaired) electrons. The first-order valence-electron chi connectivity index (χ1n) is 16.5. The Morgan fingerprint density at radius 1 is 0.744 bits per heavy atom. The zero-order valence-corrected chi connectivity index (χ0v) is 28.4. The van der Waals surface area contributed by atoms with Gasteiger partial charge in [-0.15, -0.1) is 0 Å². The van der Waals surface area contributed by atoms with Crippen LogP contribution in [0, 0.1) is 23.7 Å². The Morgan fingerprint density at radius 3 is 2.16 bits per heavy atom. The molecular weight excluding hydrogens is 539 g/mol. The number of aromatic nitrogens is 1. The third-order valence-electron chi connectivity index (χ3n) is 9.83. The normalized spacial score (nSPS) is 15.6. The molecule has 0 saturated heterocycles. The maximum Gasteiger partial charge on any atom is 0.222 e. The van der Waals surface area contributed by atoms with E-state index in [2.05, 4.69) is 115 Å². The second kappa shape index (κ2) is 10.4. The highest BCUT2D eigenvalue weighted by Crippen LogP contribution is 2.54. The average molecular weight is 587 g/mol. The van der Waals surface area contributed by atoms with Crippen LogP contribution in [0.5, 0.6) is 0 Å². The van der Waals surface area contributed by atoms with Crippen LogP contribution >= 0.6 is 11.8 Å². The Bertz CT molecular complexity index is 1910. The highest BCUT2D eigenvalue weighted by atomic mass is 32.2. The fourth-order valence-electron chi connectivity index (χ4n) is 8.02. The summed E-state index contributed by atoms with van der Waals surface area (Å²) in [5.41, 5.74) is 9.17. The largest absolute Gasteiger partial charge is 0.222 e. The van der Waals surface area contributed by atoms with Crippen molar-refractivity contribution in [1.82, 2.24) is 0 Å². The minimum Gasteiger partial charge on any atom is -0.200 e. The lowest BCUT2D eigenvalue weighted by Gasteiger charge is -2.29. The maximum absolute atomic E-state index is 2.51. The standard InChI is InChI=1S/C41H48NS/c1-25-33-21-28(23-40(2,3)4)14-16-32(33)34(24-41(5,6)7)39-35(25)37-36-29(17-18-42(37)8)22-30-20-27(19-26-11-9-10-12-26)13-15-31(30)38(36)43-39/h13-18,20-22,26H,9-12,19,23-24H2,1-8H3/q+1. The molecular formula is C41H48NS+. The van der Waals surface area contributed by atoms with Gasteiger partial charge in [-0.05, 0) is 98.2 Å². The van der Waals surface area contributed by atoms with Gasteiger partial charge >= 0.3 is 0 Å². The average Bonchev–Trinajstić information content (AvgIpc) is 3.44. The number of rotatable bonds is 4. The summed E-state index contributed by atoms with van der Waals surface area (Å²) in [4.78, 5) is 2.92. The van der Waals surface area contributed by atoms with Gasteiger partial charge in [0.2, 0.25) is 5.69 Å². The van der Waals surface area contributed by atoms with Crippen LogP contribution in [0.15, 0.2) is 64.5 Å². The Kier molecular flexibility index (Phi) is 6.97. The third kappa shape index (κ3) is 5.28. The summed E-state index contributed by atoms with van der Waals surface area (Å²) in [5.74, 6) is 0.864.